The molecule has 0 aromatic heterocycles. The topological polar surface area (TPSA) is 29.3 Å². The van der Waals surface area contributed by atoms with Gasteiger partial charge in [-0.05, 0) is 45.3 Å². The Morgan fingerprint density at radius 1 is 1.07 bits per heavy atom. The molecule has 0 aromatic carbocycles. The maximum atomic E-state index is 5.69. The van der Waals surface area contributed by atoms with Gasteiger partial charge in [-0.15, -0.1) is 0 Å². The summed E-state index contributed by atoms with van der Waals surface area (Å²) in [5, 5.41) is 0. The lowest BCUT2D eigenvalue weighted by Crippen LogP contribution is -2.33. The Balaban J connectivity index is 3.75. The van der Waals surface area contributed by atoms with Crippen LogP contribution in [0, 0.1) is 5.92 Å². The molecule has 0 radical (unpaired) electrons. The summed E-state index contributed by atoms with van der Waals surface area (Å²) in [5.74, 6) is 0.715. The van der Waals surface area contributed by atoms with Gasteiger partial charge in [0.2, 0.25) is 0 Å². The molecule has 0 aliphatic heterocycles. The quantitative estimate of drug-likeness (QED) is 0.652. The maximum Gasteiger partial charge on any atom is 0.00869 e. The fourth-order valence-corrected chi connectivity index (χ4v) is 1.97. The van der Waals surface area contributed by atoms with Crippen molar-refractivity contribution in [2.75, 3.05) is 20.1 Å². The molecule has 0 spiro atoms. The monoisotopic (exact) mass is 200 g/mol. The van der Waals surface area contributed by atoms with E-state index in [4.69, 9.17) is 5.73 Å². The Morgan fingerprint density at radius 3 is 2.00 bits per heavy atom. The van der Waals surface area contributed by atoms with E-state index < -0.39 is 0 Å². The maximum absolute atomic E-state index is 5.69. The molecule has 0 rings (SSSR count). The molecule has 1 atom stereocenters. The summed E-state index contributed by atoms with van der Waals surface area (Å²) >= 11 is 0. The molecule has 0 aromatic rings. The summed E-state index contributed by atoms with van der Waals surface area (Å²) in [6.07, 6.45) is 4.98. The second-order valence-corrected chi connectivity index (χ2v) is 4.25. The standard InChI is InChI=1S/C12H28N2/c1-5-11(10-13)8-9-14(4)12(6-2)7-3/h11-12H,5-10,13H2,1-4H3. The highest BCUT2D eigenvalue weighted by atomic mass is 15.1. The minimum Gasteiger partial charge on any atom is -0.330 e. The molecule has 0 saturated heterocycles. The lowest BCUT2D eigenvalue weighted by molar-refractivity contribution is 0.213. The third kappa shape index (κ3) is 4.97. The molecule has 2 N–H and O–H groups in total. The third-order valence-electron chi connectivity index (χ3n) is 3.37. The summed E-state index contributed by atoms with van der Waals surface area (Å²) < 4.78 is 0. The van der Waals surface area contributed by atoms with Crippen molar-refractivity contribution >= 4 is 0 Å². The van der Waals surface area contributed by atoms with E-state index in [0.29, 0.717) is 5.92 Å². The summed E-state index contributed by atoms with van der Waals surface area (Å²) in [5.41, 5.74) is 5.69. The first-order valence-electron chi connectivity index (χ1n) is 6.09. The van der Waals surface area contributed by atoms with Crippen molar-refractivity contribution in [3.63, 3.8) is 0 Å². The van der Waals surface area contributed by atoms with Crippen molar-refractivity contribution in [1.82, 2.24) is 4.90 Å². The van der Waals surface area contributed by atoms with Crippen LogP contribution in [0.15, 0.2) is 0 Å². The van der Waals surface area contributed by atoms with Gasteiger partial charge >= 0.3 is 0 Å². The molecule has 1 unspecified atom stereocenters. The van der Waals surface area contributed by atoms with Gasteiger partial charge in [-0.1, -0.05) is 27.2 Å². The van der Waals surface area contributed by atoms with Gasteiger partial charge in [0.05, 0.1) is 0 Å². The van der Waals surface area contributed by atoms with Crippen LogP contribution in [-0.4, -0.2) is 31.1 Å². The molecule has 0 amide bonds. The van der Waals surface area contributed by atoms with Crippen LogP contribution in [0.4, 0.5) is 0 Å². The number of hydrogen-bond acceptors (Lipinski definition) is 2. The Kier molecular flexibility index (Phi) is 8.20. The first-order chi connectivity index (χ1) is 6.69. The van der Waals surface area contributed by atoms with E-state index in [1.54, 1.807) is 0 Å². The van der Waals surface area contributed by atoms with Crippen molar-refractivity contribution in [2.24, 2.45) is 11.7 Å². The molecule has 0 saturated carbocycles. The molecular formula is C12H28N2. The molecule has 0 aliphatic carbocycles. The van der Waals surface area contributed by atoms with Crippen molar-refractivity contribution in [3.05, 3.63) is 0 Å². The fourth-order valence-electron chi connectivity index (χ4n) is 1.97. The van der Waals surface area contributed by atoms with Crippen LogP contribution in [-0.2, 0) is 0 Å². The predicted octanol–water partition coefficient (Wildman–Crippen LogP) is 2.48. The van der Waals surface area contributed by atoms with E-state index in [2.05, 4.69) is 32.7 Å². The van der Waals surface area contributed by atoms with E-state index >= 15 is 0 Å². The van der Waals surface area contributed by atoms with Gasteiger partial charge in [-0.25, -0.2) is 0 Å². The van der Waals surface area contributed by atoms with Gasteiger partial charge in [0.15, 0.2) is 0 Å². The van der Waals surface area contributed by atoms with Gasteiger partial charge in [0.1, 0.15) is 0 Å². The molecular weight excluding hydrogens is 172 g/mol. The van der Waals surface area contributed by atoms with Crippen molar-refractivity contribution < 1.29 is 0 Å². The zero-order chi connectivity index (χ0) is 11.0. The van der Waals surface area contributed by atoms with Crippen LogP contribution in [0.2, 0.25) is 0 Å². The van der Waals surface area contributed by atoms with Gasteiger partial charge in [0.25, 0.3) is 0 Å². The largest absolute Gasteiger partial charge is 0.330 e. The summed E-state index contributed by atoms with van der Waals surface area (Å²) in [7, 11) is 2.24. The highest BCUT2D eigenvalue weighted by Crippen LogP contribution is 2.11. The van der Waals surface area contributed by atoms with Crippen LogP contribution >= 0.6 is 0 Å². The minimum atomic E-state index is 0.715. The second kappa shape index (κ2) is 8.25. The molecule has 0 aliphatic rings. The molecule has 0 bridgehead atoms. The lowest BCUT2D eigenvalue weighted by Gasteiger charge is -2.27. The molecule has 2 nitrogen and oxygen atoms in total. The average molecular weight is 200 g/mol. The Labute approximate surface area is 89.9 Å². The molecule has 2 heteroatoms. The van der Waals surface area contributed by atoms with Crippen molar-refractivity contribution in [1.29, 1.82) is 0 Å². The number of nitrogens with two attached hydrogens (primary N) is 1. The number of rotatable bonds is 8. The van der Waals surface area contributed by atoms with Crippen LogP contribution in [0.25, 0.3) is 0 Å². The van der Waals surface area contributed by atoms with E-state index in [9.17, 15) is 0 Å². The summed E-state index contributed by atoms with van der Waals surface area (Å²) in [6, 6.07) is 0.755. The van der Waals surface area contributed by atoms with Gasteiger partial charge in [-0.2, -0.15) is 0 Å². The Morgan fingerprint density at radius 2 is 1.64 bits per heavy atom. The highest BCUT2D eigenvalue weighted by Gasteiger charge is 2.11. The van der Waals surface area contributed by atoms with Crippen LogP contribution in [0.1, 0.15) is 46.5 Å². The zero-order valence-electron chi connectivity index (χ0n) is 10.4. The summed E-state index contributed by atoms with van der Waals surface area (Å²) in [6.45, 7) is 8.81. The van der Waals surface area contributed by atoms with Crippen LogP contribution < -0.4 is 5.73 Å². The van der Waals surface area contributed by atoms with Crippen LogP contribution in [0.3, 0.4) is 0 Å². The first-order valence-corrected chi connectivity index (χ1v) is 6.09. The van der Waals surface area contributed by atoms with E-state index in [1.807, 2.05) is 0 Å². The van der Waals surface area contributed by atoms with Crippen LogP contribution in [0.5, 0.6) is 0 Å². The smallest absolute Gasteiger partial charge is 0.00869 e. The molecule has 0 fully saturated rings. The Bertz CT molecular complexity index is 117. The molecule has 86 valence electrons. The van der Waals surface area contributed by atoms with E-state index in [-0.39, 0.29) is 0 Å². The minimum absolute atomic E-state index is 0.715. The third-order valence-corrected chi connectivity index (χ3v) is 3.37. The van der Waals surface area contributed by atoms with Gasteiger partial charge in [-0.3, -0.25) is 0 Å². The lowest BCUT2D eigenvalue weighted by atomic mass is 10.0. The number of hydrogen-bond donors (Lipinski definition) is 1. The van der Waals surface area contributed by atoms with E-state index in [0.717, 1.165) is 12.6 Å². The normalized spacial score (nSPS) is 13.9. The SMILES string of the molecule is CCC(CN)CCN(C)C(CC)CC. The molecule has 0 heterocycles. The van der Waals surface area contributed by atoms with Crippen molar-refractivity contribution in [3.8, 4) is 0 Å². The summed E-state index contributed by atoms with van der Waals surface area (Å²) in [4.78, 5) is 2.48. The fraction of sp³-hybridized carbons (Fsp3) is 1.00. The zero-order valence-corrected chi connectivity index (χ0v) is 10.4. The predicted molar refractivity (Wildman–Crippen MR) is 64.5 cm³/mol. The number of nitrogens with zero attached hydrogens (tertiary/aromatic N) is 1. The first kappa shape index (κ1) is 13.9. The molecule has 14 heavy (non-hydrogen) atoms. The van der Waals surface area contributed by atoms with Crippen molar-refractivity contribution in [2.45, 2.75) is 52.5 Å². The average Bonchev–Trinajstić information content (AvgIpc) is 2.21. The van der Waals surface area contributed by atoms with E-state index in [1.165, 1.54) is 32.2 Å². The second-order valence-electron chi connectivity index (χ2n) is 4.25. The van der Waals surface area contributed by atoms with Gasteiger partial charge in [0, 0.05) is 6.04 Å². The highest BCUT2D eigenvalue weighted by molar-refractivity contribution is 4.67. The van der Waals surface area contributed by atoms with Gasteiger partial charge < -0.3 is 10.6 Å². The Hall–Kier alpha value is -0.0800.